The molecule has 1 aliphatic heterocycles. The smallest absolute Gasteiger partial charge is 0.0772 e. The highest BCUT2D eigenvalue weighted by Crippen LogP contribution is 2.26. The Morgan fingerprint density at radius 2 is 1.78 bits per heavy atom. The van der Waals surface area contributed by atoms with Crippen LogP contribution in [0.3, 0.4) is 0 Å². The molecule has 1 heteroatoms. The molecule has 0 nitrogen and oxygen atoms in total. The zero-order valence-electron chi connectivity index (χ0n) is 6.69. The molecule has 9 heavy (non-hydrogen) atoms. The topological polar surface area (TPSA) is 0 Å². The summed E-state index contributed by atoms with van der Waals surface area (Å²) in [7, 11) is 1.49. The highest BCUT2D eigenvalue weighted by atomic mass is 14.2. The van der Waals surface area contributed by atoms with Crippen LogP contribution in [0.4, 0.5) is 0 Å². The third kappa shape index (κ3) is 2.04. The lowest BCUT2D eigenvalue weighted by Crippen LogP contribution is -2.14. The molecular formula is C8H17B. The summed E-state index contributed by atoms with van der Waals surface area (Å²) in [5.74, 6) is 1.99. The van der Waals surface area contributed by atoms with Crippen molar-refractivity contribution >= 4 is 7.28 Å². The molecule has 0 aromatic rings. The quantitative estimate of drug-likeness (QED) is 0.470. The summed E-state index contributed by atoms with van der Waals surface area (Å²) in [6.07, 6.45) is 5.97. The molecule has 1 heterocycles. The Kier molecular flexibility index (Phi) is 2.62. The molecule has 0 aromatic heterocycles. The molecule has 0 radical (unpaired) electrons. The Hall–Kier alpha value is 0.0649. The largest absolute Gasteiger partial charge is 0.120 e. The van der Waals surface area contributed by atoms with Crippen LogP contribution in [-0.2, 0) is 0 Å². The van der Waals surface area contributed by atoms with Crippen LogP contribution in [-0.4, -0.2) is 7.28 Å². The Balaban J connectivity index is 2.23. The molecular weight excluding hydrogens is 107 g/mol. The van der Waals surface area contributed by atoms with Gasteiger partial charge in [-0.05, 0) is 11.8 Å². The second-order valence-corrected chi connectivity index (χ2v) is 3.64. The van der Waals surface area contributed by atoms with Crippen molar-refractivity contribution < 1.29 is 0 Å². The van der Waals surface area contributed by atoms with Gasteiger partial charge >= 0.3 is 0 Å². The van der Waals surface area contributed by atoms with Gasteiger partial charge in [-0.3, -0.25) is 0 Å². The van der Waals surface area contributed by atoms with E-state index in [0.29, 0.717) is 0 Å². The van der Waals surface area contributed by atoms with Crippen molar-refractivity contribution in [2.45, 2.75) is 39.3 Å². The van der Waals surface area contributed by atoms with Crippen molar-refractivity contribution in [3.63, 3.8) is 0 Å². The average Bonchev–Trinajstić information content (AvgIpc) is 1.90. The van der Waals surface area contributed by atoms with Crippen LogP contribution in [0.2, 0.25) is 12.6 Å². The SMILES string of the molecule is CC(C)C1CCBCC1. The molecule has 0 aromatic carbocycles. The van der Waals surface area contributed by atoms with Gasteiger partial charge in [0.15, 0.2) is 0 Å². The normalized spacial score (nSPS) is 22.1. The predicted molar refractivity (Wildman–Crippen MR) is 44.3 cm³/mol. The van der Waals surface area contributed by atoms with Gasteiger partial charge in [-0.25, -0.2) is 0 Å². The van der Waals surface area contributed by atoms with Gasteiger partial charge in [0.2, 0.25) is 0 Å². The van der Waals surface area contributed by atoms with E-state index in [0.717, 1.165) is 11.8 Å². The van der Waals surface area contributed by atoms with E-state index < -0.39 is 0 Å². The second kappa shape index (κ2) is 3.29. The maximum absolute atomic E-state index is 2.36. The fraction of sp³-hybridized carbons (Fsp3) is 1.00. The molecule has 0 amide bonds. The molecule has 0 N–H and O–H groups in total. The van der Waals surface area contributed by atoms with Gasteiger partial charge in [-0.1, -0.05) is 39.3 Å². The monoisotopic (exact) mass is 124 g/mol. The first-order chi connectivity index (χ1) is 4.30. The minimum atomic E-state index is 0.935. The summed E-state index contributed by atoms with van der Waals surface area (Å²) >= 11 is 0. The highest BCUT2D eigenvalue weighted by molar-refractivity contribution is 6.35. The molecule has 0 saturated carbocycles. The molecule has 1 fully saturated rings. The maximum atomic E-state index is 2.36. The van der Waals surface area contributed by atoms with Crippen molar-refractivity contribution in [3.05, 3.63) is 0 Å². The van der Waals surface area contributed by atoms with Crippen LogP contribution in [0, 0.1) is 11.8 Å². The van der Waals surface area contributed by atoms with Gasteiger partial charge in [0.1, 0.15) is 7.28 Å². The van der Waals surface area contributed by atoms with Gasteiger partial charge in [0, 0.05) is 0 Å². The lowest BCUT2D eigenvalue weighted by atomic mass is 9.60. The van der Waals surface area contributed by atoms with Gasteiger partial charge in [-0.15, -0.1) is 0 Å². The molecule has 0 atom stereocenters. The minimum absolute atomic E-state index is 0.935. The summed E-state index contributed by atoms with van der Waals surface area (Å²) < 4.78 is 0. The number of rotatable bonds is 1. The first kappa shape index (κ1) is 7.18. The molecule has 0 bridgehead atoms. The summed E-state index contributed by atoms with van der Waals surface area (Å²) in [6, 6.07) is 0. The Morgan fingerprint density at radius 1 is 1.22 bits per heavy atom. The molecule has 1 rings (SSSR count). The average molecular weight is 124 g/mol. The van der Waals surface area contributed by atoms with Gasteiger partial charge < -0.3 is 0 Å². The zero-order valence-corrected chi connectivity index (χ0v) is 6.69. The molecule has 0 aliphatic carbocycles. The Labute approximate surface area is 59.3 Å². The molecule has 0 unspecified atom stereocenters. The summed E-state index contributed by atoms with van der Waals surface area (Å²) in [6.45, 7) is 4.71. The summed E-state index contributed by atoms with van der Waals surface area (Å²) in [5, 5.41) is 0. The van der Waals surface area contributed by atoms with E-state index in [9.17, 15) is 0 Å². The van der Waals surface area contributed by atoms with Crippen LogP contribution in [0.15, 0.2) is 0 Å². The van der Waals surface area contributed by atoms with Crippen molar-refractivity contribution in [1.29, 1.82) is 0 Å². The van der Waals surface area contributed by atoms with Crippen LogP contribution in [0.5, 0.6) is 0 Å². The van der Waals surface area contributed by atoms with E-state index in [-0.39, 0.29) is 0 Å². The second-order valence-electron chi connectivity index (χ2n) is 3.64. The van der Waals surface area contributed by atoms with Crippen molar-refractivity contribution in [3.8, 4) is 0 Å². The van der Waals surface area contributed by atoms with Gasteiger partial charge in [0.25, 0.3) is 0 Å². The van der Waals surface area contributed by atoms with Gasteiger partial charge in [-0.2, -0.15) is 0 Å². The number of hydrogen-bond donors (Lipinski definition) is 0. The van der Waals surface area contributed by atoms with E-state index in [1.807, 2.05) is 0 Å². The zero-order chi connectivity index (χ0) is 6.69. The molecule has 0 spiro atoms. The van der Waals surface area contributed by atoms with Crippen LogP contribution in [0.1, 0.15) is 26.7 Å². The Bertz CT molecular complexity index is 72.6. The van der Waals surface area contributed by atoms with Crippen LogP contribution in [0.25, 0.3) is 0 Å². The van der Waals surface area contributed by atoms with Crippen molar-refractivity contribution in [1.82, 2.24) is 0 Å². The third-order valence-electron chi connectivity index (χ3n) is 2.59. The fourth-order valence-corrected chi connectivity index (χ4v) is 1.80. The van der Waals surface area contributed by atoms with Crippen molar-refractivity contribution in [2.75, 3.05) is 0 Å². The lowest BCUT2D eigenvalue weighted by Gasteiger charge is -2.24. The standard InChI is InChI=1S/C8H17B/c1-7(2)8-3-5-9-6-4-8/h7-9H,3-6H2,1-2H3. The highest BCUT2D eigenvalue weighted by Gasteiger charge is 2.16. The molecule has 1 aliphatic rings. The number of hydrogen-bond acceptors (Lipinski definition) is 0. The molecule has 1 saturated heterocycles. The predicted octanol–water partition coefficient (Wildman–Crippen LogP) is 2.33. The van der Waals surface area contributed by atoms with E-state index in [1.165, 1.54) is 32.8 Å². The minimum Gasteiger partial charge on any atom is -0.0772 e. The van der Waals surface area contributed by atoms with E-state index in [1.54, 1.807) is 0 Å². The maximum Gasteiger partial charge on any atom is 0.120 e. The van der Waals surface area contributed by atoms with E-state index in [2.05, 4.69) is 13.8 Å². The van der Waals surface area contributed by atoms with E-state index in [4.69, 9.17) is 0 Å². The van der Waals surface area contributed by atoms with E-state index >= 15 is 0 Å². The Morgan fingerprint density at radius 3 is 2.11 bits per heavy atom. The first-order valence-electron chi connectivity index (χ1n) is 4.30. The third-order valence-corrected chi connectivity index (χ3v) is 2.59. The molecule has 52 valence electrons. The lowest BCUT2D eigenvalue weighted by molar-refractivity contribution is 0.352. The fourth-order valence-electron chi connectivity index (χ4n) is 1.80. The first-order valence-corrected chi connectivity index (χ1v) is 4.30. The van der Waals surface area contributed by atoms with Crippen molar-refractivity contribution in [2.24, 2.45) is 11.8 Å². The van der Waals surface area contributed by atoms with Gasteiger partial charge in [0.05, 0.1) is 0 Å². The van der Waals surface area contributed by atoms with Crippen LogP contribution >= 0.6 is 0 Å². The summed E-state index contributed by atoms with van der Waals surface area (Å²) in [5.41, 5.74) is 0. The summed E-state index contributed by atoms with van der Waals surface area (Å²) in [4.78, 5) is 0. The van der Waals surface area contributed by atoms with Crippen LogP contribution < -0.4 is 0 Å².